The highest BCUT2D eigenvalue weighted by molar-refractivity contribution is 5.76. The second-order valence-electron chi connectivity index (χ2n) is 22.6. The van der Waals surface area contributed by atoms with Gasteiger partial charge in [0.1, 0.15) is 0 Å². The molecule has 0 saturated heterocycles. The molecule has 0 aromatic rings. The van der Waals surface area contributed by atoms with Gasteiger partial charge in [0.15, 0.2) is 0 Å². The summed E-state index contributed by atoms with van der Waals surface area (Å²) in [6.07, 6.45) is 78.6. The second-order valence-corrected chi connectivity index (χ2v) is 22.6. The third kappa shape index (κ3) is 56.3. The number of carbonyl (C=O) groups excluding carboxylic acids is 1. The third-order valence-corrected chi connectivity index (χ3v) is 15.6. The maximum absolute atomic E-state index is 12.5. The zero-order valence-electron chi connectivity index (χ0n) is 47.2. The number of hydrogen-bond donors (Lipinski definition) is 3. The van der Waals surface area contributed by atoms with Crippen LogP contribution in [-0.4, -0.2) is 34.9 Å². The molecule has 0 saturated carbocycles. The van der Waals surface area contributed by atoms with Gasteiger partial charge >= 0.3 is 0 Å². The zero-order chi connectivity index (χ0) is 49.2. The van der Waals surface area contributed by atoms with Crippen LogP contribution in [0.5, 0.6) is 0 Å². The van der Waals surface area contributed by atoms with Crippen LogP contribution in [0.4, 0.5) is 0 Å². The van der Waals surface area contributed by atoms with E-state index < -0.39 is 12.1 Å². The van der Waals surface area contributed by atoms with E-state index in [1.165, 1.54) is 334 Å². The fourth-order valence-electron chi connectivity index (χ4n) is 10.7. The highest BCUT2D eigenvalue weighted by Crippen LogP contribution is 2.19. The van der Waals surface area contributed by atoms with Crippen LogP contribution in [0, 0.1) is 0 Å². The first-order valence-electron chi connectivity index (χ1n) is 32.2. The number of carbonyl (C=O) groups is 1. The van der Waals surface area contributed by atoms with Gasteiger partial charge < -0.3 is 15.5 Å². The Labute approximate surface area is 429 Å². The van der Waals surface area contributed by atoms with E-state index in [-0.39, 0.29) is 12.5 Å². The van der Waals surface area contributed by atoms with Gasteiger partial charge in [0.2, 0.25) is 5.91 Å². The topological polar surface area (TPSA) is 69.6 Å². The van der Waals surface area contributed by atoms with Crippen molar-refractivity contribution in [3.05, 3.63) is 0 Å². The molecule has 3 N–H and O–H groups in total. The first kappa shape index (κ1) is 67.4. The lowest BCUT2D eigenvalue weighted by molar-refractivity contribution is -0.123. The SMILES string of the molecule is CCCCCCCCCCCCCCCCCCCCCCCCCCCCCCCCCCCCCCCCCCC(=O)NC(CO)C(O)CCCCCCCCCCCCCCCCCC. The summed E-state index contributed by atoms with van der Waals surface area (Å²) < 4.78 is 0. The van der Waals surface area contributed by atoms with E-state index in [1.807, 2.05) is 0 Å². The van der Waals surface area contributed by atoms with Crippen molar-refractivity contribution in [2.75, 3.05) is 6.61 Å². The fourth-order valence-corrected chi connectivity index (χ4v) is 10.7. The molecule has 0 aliphatic carbocycles. The number of rotatable bonds is 61. The van der Waals surface area contributed by atoms with E-state index in [0.717, 1.165) is 25.7 Å². The van der Waals surface area contributed by atoms with Crippen LogP contribution in [0.15, 0.2) is 0 Å². The smallest absolute Gasteiger partial charge is 0.220 e. The Morgan fingerprint density at radius 2 is 0.471 bits per heavy atom. The van der Waals surface area contributed by atoms with Crippen molar-refractivity contribution in [1.82, 2.24) is 5.32 Å². The predicted octanol–water partition coefficient (Wildman–Crippen LogP) is 21.5. The van der Waals surface area contributed by atoms with Crippen LogP contribution < -0.4 is 5.32 Å². The molecule has 2 atom stereocenters. The summed E-state index contributed by atoms with van der Waals surface area (Å²) in [5.41, 5.74) is 0. The monoisotopic (exact) mass is 960 g/mol. The lowest BCUT2D eigenvalue weighted by Gasteiger charge is -2.22. The number of amides is 1. The Hall–Kier alpha value is -0.610. The van der Waals surface area contributed by atoms with Gasteiger partial charge in [0.25, 0.3) is 0 Å². The van der Waals surface area contributed by atoms with Crippen LogP contribution in [0.2, 0.25) is 0 Å². The number of aliphatic hydroxyl groups excluding tert-OH is 2. The molecule has 4 heteroatoms. The van der Waals surface area contributed by atoms with Crippen molar-refractivity contribution in [3.63, 3.8) is 0 Å². The number of hydrogen-bond acceptors (Lipinski definition) is 3. The van der Waals surface area contributed by atoms with Gasteiger partial charge in [-0.05, 0) is 12.8 Å². The minimum absolute atomic E-state index is 0.0215. The summed E-state index contributed by atoms with van der Waals surface area (Å²) in [5.74, 6) is -0.0215. The maximum Gasteiger partial charge on any atom is 0.220 e. The lowest BCUT2D eigenvalue weighted by atomic mass is 10.0. The number of nitrogens with one attached hydrogen (secondary N) is 1. The van der Waals surface area contributed by atoms with Gasteiger partial charge in [-0.2, -0.15) is 0 Å². The molecule has 0 spiro atoms. The van der Waals surface area contributed by atoms with Gasteiger partial charge in [-0.3, -0.25) is 4.79 Å². The van der Waals surface area contributed by atoms with Crippen LogP contribution in [0.1, 0.15) is 386 Å². The number of unbranched alkanes of at least 4 members (excludes halogenated alkanes) is 54. The molecule has 0 aromatic carbocycles. The zero-order valence-corrected chi connectivity index (χ0v) is 47.2. The van der Waals surface area contributed by atoms with Crippen molar-refractivity contribution in [2.24, 2.45) is 0 Å². The maximum atomic E-state index is 12.5. The molecule has 0 radical (unpaired) electrons. The Balaban J connectivity index is 3.31. The van der Waals surface area contributed by atoms with Gasteiger partial charge in [-0.25, -0.2) is 0 Å². The van der Waals surface area contributed by atoms with Gasteiger partial charge in [-0.1, -0.05) is 367 Å². The quantitative estimate of drug-likeness (QED) is 0.0532. The van der Waals surface area contributed by atoms with Crippen molar-refractivity contribution >= 4 is 5.91 Å². The van der Waals surface area contributed by atoms with E-state index in [1.54, 1.807) is 0 Å². The Bertz CT molecular complexity index is 910. The molecule has 4 nitrogen and oxygen atoms in total. The molecular formula is C64H129NO3. The van der Waals surface area contributed by atoms with Crippen LogP contribution in [-0.2, 0) is 4.79 Å². The predicted molar refractivity (Wildman–Crippen MR) is 304 cm³/mol. The van der Waals surface area contributed by atoms with Gasteiger partial charge in [-0.15, -0.1) is 0 Å². The molecule has 68 heavy (non-hydrogen) atoms. The Kier molecular flexibility index (Phi) is 60.1. The average Bonchev–Trinajstić information content (AvgIpc) is 3.34. The first-order valence-corrected chi connectivity index (χ1v) is 32.2. The molecule has 0 aliphatic rings. The summed E-state index contributed by atoms with van der Waals surface area (Å²) in [4.78, 5) is 12.5. The van der Waals surface area contributed by atoms with E-state index in [4.69, 9.17) is 0 Å². The normalized spacial score (nSPS) is 12.6. The van der Waals surface area contributed by atoms with Crippen molar-refractivity contribution in [1.29, 1.82) is 0 Å². The molecular weight excluding hydrogens is 831 g/mol. The Morgan fingerprint density at radius 1 is 0.294 bits per heavy atom. The second kappa shape index (κ2) is 60.7. The minimum Gasteiger partial charge on any atom is -0.394 e. The molecule has 0 rings (SSSR count). The third-order valence-electron chi connectivity index (χ3n) is 15.6. The summed E-state index contributed by atoms with van der Waals surface area (Å²) >= 11 is 0. The lowest BCUT2D eigenvalue weighted by Crippen LogP contribution is -2.45. The van der Waals surface area contributed by atoms with Crippen molar-refractivity contribution in [2.45, 2.75) is 398 Å². The summed E-state index contributed by atoms with van der Waals surface area (Å²) in [6, 6.07) is -0.531. The van der Waals surface area contributed by atoms with Gasteiger partial charge in [0, 0.05) is 6.42 Å². The summed E-state index contributed by atoms with van der Waals surface area (Å²) in [6.45, 7) is 4.41. The molecule has 0 aliphatic heterocycles. The highest BCUT2D eigenvalue weighted by atomic mass is 16.3. The summed E-state index contributed by atoms with van der Waals surface area (Å²) in [5, 5.41) is 23.3. The van der Waals surface area contributed by atoms with Crippen LogP contribution >= 0.6 is 0 Å². The van der Waals surface area contributed by atoms with Crippen LogP contribution in [0.25, 0.3) is 0 Å². The molecule has 1 amide bonds. The average molecular weight is 961 g/mol. The fraction of sp³-hybridized carbons (Fsp3) is 0.984. The van der Waals surface area contributed by atoms with Gasteiger partial charge in [0.05, 0.1) is 18.8 Å². The van der Waals surface area contributed by atoms with Crippen LogP contribution in [0.3, 0.4) is 0 Å². The largest absolute Gasteiger partial charge is 0.394 e. The van der Waals surface area contributed by atoms with Crippen molar-refractivity contribution < 1.29 is 15.0 Å². The van der Waals surface area contributed by atoms with E-state index in [0.29, 0.717) is 12.8 Å². The van der Waals surface area contributed by atoms with E-state index >= 15 is 0 Å². The van der Waals surface area contributed by atoms with E-state index in [9.17, 15) is 15.0 Å². The van der Waals surface area contributed by atoms with Crippen molar-refractivity contribution in [3.8, 4) is 0 Å². The molecule has 0 fully saturated rings. The summed E-state index contributed by atoms with van der Waals surface area (Å²) in [7, 11) is 0. The molecule has 0 bridgehead atoms. The molecule has 0 heterocycles. The molecule has 408 valence electrons. The molecule has 0 aromatic heterocycles. The number of aliphatic hydroxyl groups is 2. The molecule has 2 unspecified atom stereocenters. The Morgan fingerprint density at radius 3 is 0.662 bits per heavy atom. The minimum atomic E-state index is -0.655. The van der Waals surface area contributed by atoms with E-state index in [2.05, 4.69) is 19.2 Å². The first-order chi connectivity index (χ1) is 33.7. The highest BCUT2D eigenvalue weighted by Gasteiger charge is 2.20. The standard InChI is InChI=1S/C64H129NO3/c1-3-5-7-9-11-13-15-17-19-21-22-23-24-25-26-27-28-29-30-31-32-33-34-35-36-37-38-39-40-41-42-43-44-46-48-50-52-54-56-58-60-64(68)65-62(61-66)63(67)59-57-55-53-51-49-47-45-20-18-16-14-12-10-8-6-4-2/h62-63,66-67H,3-61H2,1-2H3,(H,65,68).